The highest BCUT2D eigenvalue weighted by molar-refractivity contribution is 5.52. The summed E-state index contributed by atoms with van der Waals surface area (Å²) in [7, 11) is 0. The molecule has 0 amide bonds. The molecule has 1 heterocycles. The standard InChI is InChI=1S/C18H19N3O2/c1-12-8-9-13(2)15(10-12)16(22)11-19-18-21-20-17(23-18)14-6-4-3-5-7-14/h3-10,16,22H,11H2,1-2H3,(H,19,21)/t16-/m1/s1. The van der Waals surface area contributed by atoms with Gasteiger partial charge in [-0.05, 0) is 37.1 Å². The van der Waals surface area contributed by atoms with E-state index in [1.165, 1.54) is 0 Å². The zero-order valence-electron chi connectivity index (χ0n) is 13.2. The number of hydrogen-bond acceptors (Lipinski definition) is 5. The molecule has 0 spiro atoms. The molecule has 0 aliphatic carbocycles. The van der Waals surface area contributed by atoms with E-state index in [0.717, 1.165) is 22.3 Å². The van der Waals surface area contributed by atoms with Crippen LogP contribution in [0.5, 0.6) is 0 Å². The maximum Gasteiger partial charge on any atom is 0.315 e. The monoisotopic (exact) mass is 309 g/mol. The largest absolute Gasteiger partial charge is 0.403 e. The number of aliphatic hydroxyl groups excluding tert-OH is 1. The van der Waals surface area contributed by atoms with E-state index in [4.69, 9.17) is 4.42 Å². The molecule has 0 bridgehead atoms. The molecule has 0 fully saturated rings. The summed E-state index contributed by atoms with van der Waals surface area (Å²) in [5.41, 5.74) is 3.94. The molecule has 3 rings (SSSR count). The van der Waals surface area contributed by atoms with Crippen LogP contribution in [0.1, 0.15) is 22.8 Å². The number of aryl methyl sites for hydroxylation is 2. The molecule has 2 aromatic carbocycles. The van der Waals surface area contributed by atoms with E-state index in [1.807, 2.05) is 62.4 Å². The first kappa shape index (κ1) is 15.2. The fourth-order valence-corrected chi connectivity index (χ4v) is 2.40. The van der Waals surface area contributed by atoms with E-state index in [2.05, 4.69) is 15.5 Å². The van der Waals surface area contributed by atoms with Crippen LogP contribution < -0.4 is 5.32 Å². The second-order valence-corrected chi connectivity index (χ2v) is 5.54. The molecule has 0 radical (unpaired) electrons. The SMILES string of the molecule is Cc1ccc(C)c([C@H](O)CNc2nnc(-c3ccccc3)o2)c1. The van der Waals surface area contributed by atoms with Crippen molar-refractivity contribution in [2.75, 3.05) is 11.9 Å². The fourth-order valence-electron chi connectivity index (χ4n) is 2.40. The van der Waals surface area contributed by atoms with Gasteiger partial charge < -0.3 is 14.8 Å². The van der Waals surface area contributed by atoms with Gasteiger partial charge in [0.15, 0.2) is 0 Å². The number of hydrogen-bond donors (Lipinski definition) is 2. The van der Waals surface area contributed by atoms with Gasteiger partial charge in [0.25, 0.3) is 0 Å². The molecule has 0 aliphatic heterocycles. The number of anilines is 1. The van der Waals surface area contributed by atoms with Crippen molar-refractivity contribution in [3.63, 3.8) is 0 Å². The molecular weight excluding hydrogens is 290 g/mol. The van der Waals surface area contributed by atoms with Crippen LogP contribution in [0.4, 0.5) is 6.01 Å². The van der Waals surface area contributed by atoms with Crippen molar-refractivity contribution in [3.8, 4) is 11.5 Å². The zero-order chi connectivity index (χ0) is 16.2. The topological polar surface area (TPSA) is 71.2 Å². The van der Waals surface area contributed by atoms with Crippen molar-refractivity contribution in [2.45, 2.75) is 20.0 Å². The summed E-state index contributed by atoms with van der Waals surface area (Å²) in [6, 6.07) is 15.9. The lowest BCUT2D eigenvalue weighted by molar-refractivity contribution is 0.190. The molecule has 5 heteroatoms. The van der Waals surface area contributed by atoms with Crippen LogP contribution in [0.3, 0.4) is 0 Å². The molecule has 5 nitrogen and oxygen atoms in total. The van der Waals surface area contributed by atoms with Gasteiger partial charge in [0.1, 0.15) is 0 Å². The highest BCUT2D eigenvalue weighted by Crippen LogP contribution is 2.22. The van der Waals surface area contributed by atoms with Crippen LogP contribution >= 0.6 is 0 Å². The molecule has 118 valence electrons. The van der Waals surface area contributed by atoms with Crippen LogP contribution in [-0.2, 0) is 0 Å². The summed E-state index contributed by atoms with van der Waals surface area (Å²) >= 11 is 0. The first-order chi connectivity index (χ1) is 11.1. The first-order valence-corrected chi connectivity index (χ1v) is 7.51. The Hall–Kier alpha value is -2.66. The van der Waals surface area contributed by atoms with Crippen molar-refractivity contribution in [1.29, 1.82) is 0 Å². The van der Waals surface area contributed by atoms with Gasteiger partial charge in [-0.2, -0.15) is 0 Å². The Morgan fingerprint density at radius 3 is 2.65 bits per heavy atom. The minimum atomic E-state index is -0.637. The van der Waals surface area contributed by atoms with Gasteiger partial charge in [-0.25, -0.2) is 0 Å². The Morgan fingerprint density at radius 2 is 1.87 bits per heavy atom. The van der Waals surface area contributed by atoms with E-state index in [0.29, 0.717) is 18.5 Å². The molecule has 1 atom stereocenters. The zero-order valence-corrected chi connectivity index (χ0v) is 13.2. The maximum atomic E-state index is 10.4. The minimum Gasteiger partial charge on any atom is -0.403 e. The average Bonchev–Trinajstić information content (AvgIpc) is 3.05. The summed E-state index contributed by atoms with van der Waals surface area (Å²) < 4.78 is 5.57. The summed E-state index contributed by atoms with van der Waals surface area (Å²) in [5.74, 6) is 0.453. The lowest BCUT2D eigenvalue weighted by Gasteiger charge is -2.14. The van der Waals surface area contributed by atoms with Crippen LogP contribution in [0.25, 0.3) is 11.5 Å². The Balaban J connectivity index is 1.67. The molecule has 1 aromatic heterocycles. The van der Waals surface area contributed by atoms with Gasteiger partial charge in [0.05, 0.1) is 6.10 Å². The first-order valence-electron chi connectivity index (χ1n) is 7.51. The predicted octanol–water partition coefficient (Wildman–Crippen LogP) is 3.50. The van der Waals surface area contributed by atoms with Crippen molar-refractivity contribution in [2.24, 2.45) is 0 Å². The van der Waals surface area contributed by atoms with E-state index in [-0.39, 0.29) is 0 Å². The van der Waals surface area contributed by atoms with E-state index >= 15 is 0 Å². The molecule has 23 heavy (non-hydrogen) atoms. The van der Waals surface area contributed by atoms with Crippen molar-refractivity contribution in [1.82, 2.24) is 10.2 Å². The van der Waals surface area contributed by atoms with Gasteiger partial charge in [0.2, 0.25) is 5.89 Å². The van der Waals surface area contributed by atoms with Gasteiger partial charge in [-0.15, -0.1) is 5.10 Å². The lowest BCUT2D eigenvalue weighted by atomic mass is 10.0. The second kappa shape index (κ2) is 6.62. The van der Waals surface area contributed by atoms with E-state index in [9.17, 15) is 5.11 Å². The van der Waals surface area contributed by atoms with Crippen LogP contribution in [-0.4, -0.2) is 21.8 Å². The van der Waals surface area contributed by atoms with Gasteiger partial charge in [-0.1, -0.05) is 47.1 Å². The Bertz CT molecular complexity index is 784. The molecular formula is C18H19N3O2. The number of benzene rings is 2. The Kier molecular flexibility index (Phi) is 4.39. The average molecular weight is 309 g/mol. The molecule has 0 saturated carbocycles. The third-order valence-electron chi connectivity index (χ3n) is 3.69. The van der Waals surface area contributed by atoms with Gasteiger partial charge in [0, 0.05) is 12.1 Å². The lowest BCUT2D eigenvalue weighted by Crippen LogP contribution is -2.13. The Morgan fingerprint density at radius 1 is 1.09 bits per heavy atom. The van der Waals surface area contributed by atoms with Crippen LogP contribution in [0.2, 0.25) is 0 Å². The molecule has 0 unspecified atom stereocenters. The fraction of sp³-hybridized carbons (Fsp3) is 0.222. The van der Waals surface area contributed by atoms with Crippen molar-refractivity contribution >= 4 is 6.01 Å². The third kappa shape index (κ3) is 3.57. The molecule has 0 saturated heterocycles. The maximum absolute atomic E-state index is 10.4. The summed E-state index contributed by atoms with van der Waals surface area (Å²) in [5, 5.41) is 21.3. The van der Waals surface area contributed by atoms with Gasteiger partial charge in [-0.3, -0.25) is 0 Å². The number of nitrogens with zero attached hydrogens (tertiary/aromatic N) is 2. The smallest absolute Gasteiger partial charge is 0.315 e. The van der Waals surface area contributed by atoms with E-state index in [1.54, 1.807) is 0 Å². The number of rotatable bonds is 5. The molecule has 3 aromatic rings. The van der Waals surface area contributed by atoms with Gasteiger partial charge >= 0.3 is 6.01 Å². The van der Waals surface area contributed by atoms with Crippen LogP contribution in [0, 0.1) is 13.8 Å². The highest BCUT2D eigenvalue weighted by Gasteiger charge is 2.13. The summed E-state index contributed by atoms with van der Waals surface area (Å²) in [6.45, 7) is 4.30. The number of aliphatic hydroxyl groups is 1. The normalized spacial score (nSPS) is 12.1. The minimum absolute atomic E-state index is 0.299. The van der Waals surface area contributed by atoms with E-state index < -0.39 is 6.10 Å². The Labute approximate surface area is 135 Å². The second-order valence-electron chi connectivity index (χ2n) is 5.54. The predicted molar refractivity (Wildman–Crippen MR) is 89.1 cm³/mol. The number of nitrogens with one attached hydrogen (secondary N) is 1. The molecule has 2 N–H and O–H groups in total. The summed E-state index contributed by atoms with van der Waals surface area (Å²) in [4.78, 5) is 0. The van der Waals surface area contributed by atoms with Crippen LogP contribution in [0.15, 0.2) is 52.9 Å². The third-order valence-corrected chi connectivity index (χ3v) is 3.69. The highest BCUT2D eigenvalue weighted by atomic mass is 16.4. The molecule has 0 aliphatic rings. The number of aromatic nitrogens is 2. The van der Waals surface area contributed by atoms with Crippen molar-refractivity contribution < 1.29 is 9.52 Å². The van der Waals surface area contributed by atoms with Crippen molar-refractivity contribution in [3.05, 3.63) is 65.2 Å². The summed E-state index contributed by atoms with van der Waals surface area (Å²) in [6.07, 6.45) is -0.637. The quantitative estimate of drug-likeness (QED) is 0.755.